The van der Waals surface area contributed by atoms with E-state index in [0.29, 0.717) is 10.5 Å². The Morgan fingerprint density at radius 1 is 1.12 bits per heavy atom. The number of imide groups is 1. The highest BCUT2D eigenvalue weighted by Crippen LogP contribution is 2.33. The Hall–Kier alpha value is -2.97. The lowest BCUT2D eigenvalue weighted by atomic mass is 9.89. The summed E-state index contributed by atoms with van der Waals surface area (Å²) in [5, 5.41) is 5.39. The van der Waals surface area contributed by atoms with Crippen LogP contribution in [0.2, 0.25) is 0 Å². The van der Waals surface area contributed by atoms with Crippen molar-refractivity contribution < 1.29 is 14.4 Å². The molecule has 1 N–H and O–H groups in total. The highest BCUT2D eigenvalue weighted by atomic mass is 32.2. The number of rotatable bonds is 5. The molecule has 0 radical (unpaired) electrons. The van der Waals surface area contributed by atoms with Gasteiger partial charge >= 0.3 is 0 Å². The molecule has 2 aliphatic rings. The summed E-state index contributed by atoms with van der Waals surface area (Å²) >= 11 is 2.45. The summed E-state index contributed by atoms with van der Waals surface area (Å²) in [6, 6.07) is 11.5. The van der Waals surface area contributed by atoms with Crippen LogP contribution in [-0.2, 0) is 17.6 Å². The fourth-order valence-electron chi connectivity index (χ4n) is 4.20. The number of hydrogen-bond donors (Lipinski definition) is 1. The Bertz CT molecular complexity index is 1250. The number of benzene rings is 1. The zero-order valence-corrected chi connectivity index (χ0v) is 18.9. The second kappa shape index (κ2) is 8.88. The van der Waals surface area contributed by atoms with E-state index in [1.165, 1.54) is 16.2 Å². The third-order valence-electron chi connectivity index (χ3n) is 5.71. The Morgan fingerprint density at radius 3 is 2.81 bits per heavy atom. The Labute approximate surface area is 193 Å². The van der Waals surface area contributed by atoms with Crippen molar-refractivity contribution in [3.05, 3.63) is 68.4 Å². The van der Waals surface area contributed by atoms with Crippen LogP contribution >= 0.6 is 23.1 Å². The minimum absolute atomic E-state index is 0.142. The van der Waals surface area contributed by atoms with Gasteiger partial charge in [0, 0.05) is 29.0 Å². The number of carbonyl (C=O) groups is 3. The van der Waals surface area contributed by atoms with Crippen LogP contribution in [0.3, 0.4) is 0 Å². The highest BCUT2D eigenvalue weighted by Gasteiger charge is 2.35. The average molecular weight is 464 g/mol. The summed E-state index contributed by atoms with van der Waals surface area (Å²) in [5.41, 5.74) is 3.53. The number of amides is 3. The minimum atomic E-state index is -0.311. The molecule has 162 valence electrons. The van der Waals surface area contributed by atoms with Crippen molar-refractivity contribution in [2.75, 3.05) is 13.1 Å². The van der Waals surface area contributed by atoms with Crippen LogP contribution in [0.15, 0.2) is 46.7 Å². The van der Waals surface area contributed by atoms with Crippen molar-refractivity contribution in [1.82, 2.24) is 15.2 Å². The van der Waals surface area contributed by atoms with E-state index < -0.39 is 0 Å². The largest absolute Gasteiger partial charge is 0.350 e. The Kier molecular flexibility index (Phi) is 5.80. The van der Waals surface area contributed by atoms with Crippen LogP contribution in [0, 0.1) is 0 Å². The number of thioether (sulfide) groups is 1. The number of para-hydroxylation sites is 1. The standard InChI is InChI=1S/C24H21N3O3S2/c28-22(21-16-7-1-3-9-18(16)26-19-10-4-2-8-17(19)21)25-11-12-27-23(29)20(32-24(27)30)14-15-6-5-13-31-15/h1,3,5-7,9,13-14H,2,4,8,10-12H2,(H,25,28)/b20-14-. The number of nitrogens with one attached hydrogen (secondary N) is 1. The summed E-state index contributed by atoms with van der Waals surface area (Å²) < 4.78 is 0. The maximum absolute atomic E-state index is 13.2. The van der Waals surface area contributed by atoms with Crippen LogP contribution < -0.4 is 5.32 Å². The van der Waals surface area contributed by atoms with Crippen molar-refractivity contribution in [1.29, 1.82) is 0 Å². The first kappa shape index (κ1) is 20.9. The van der Waals surface area contributed by atoms with E-state index in [4.69, 9.17) is 4.98 Å². The Morgan fingerprint density at radius 2 is 1.97 bits per heavy atom. The predicted molar refractivity (Wildman–Crippen MR) is 128 cm³/mol. The molecule has 1 aliphatic carbocycles. The van der Waals surface area contributed by atoms with E-state index >= 15 is 0 Å². The van der Waals surface area contributed by atoms with Crippen LogP contribution in [0.4, 0.5) is 4.79 Å². The monoisotopic (exact) mass is 463 g/mol. The van der Waals surface area contributed by atoms with Gasteiger partial charge in [0.1, 0.15) is 0 Å². The number of carbonyl (C=O) groups excluding carboxylic acids is 3. The molecule has 5 rings (SSSR count). The molecule has 0 saturated carbocycles. The zero-order chi connectivity index (χ0) is 22.1. The number of pyridine rings is 1. The quantitative estimate of drug-likeness (QED) is 0.558. The molecule has 32 heavy (non-hydrogen) atoms. The van der Waals surface area contributed by atoms with Crippen LogP contribution in [0.25, 0.3) is 17.0 Å². The molecule has 1 aromatic carbocycles. The topological polar surface area (TPSA) is 79.4 Å². The minimum Gasteiger partial charge on any atom is -0.350 e. The molecule has 3 aromatic rings. The zero-order valence-electron chi connectivity index (χ0n) is 17.3. The van der Waals surface area contributed by atoms with E-state index in [2.05, 4.69) is 5.32 Å². The molecular formula is C24H21N3O3S2. The third kappa shape index (κ3) is 3.96. The first-order chi connectivity index (χ1) is 15.6. The van der Waals surface area contributed by atoms with Gasteiger partial charge in [-0.05, 0) is 66.6 Å². The third-order valence-corrected chi connectivity index (χ3v) is 7.43. The molecule has 0 bridgehead atoms. The molecule has 8 heteroatoms. The molecule has 1 aliphatic heterocycles. The molecule has 0 unspecified atom stereocenters. The van der Waals surface area contributed by atoms with Crippen molar-refractivity contribution in [3.8, 4) is 0 Å². The molecule has 0 atom stereocenters. The highest BCUT2D eigenvalue weighted by molar-refractivity contribution is 8.18. The molecule has 6 nitrogen and oxygen atoms in total. The van der Waals surface area contributed by atoms with E-state index in [1.807, 2.05) is 41.8 Å². The molecule has 1 saturated heterocycles. The summed E-state index contributed by atoms with van der Waals surface area (Å²) in [6.45, 7) is 0.345. The lowest BCUT2D eigenvalue weighted by Crippen LogP contribution is -2.37. The molecule has 3 heterocycles. The molecule has 2 aromatic heterocycles. The van der Waals surface area contributed by atoms with Crippen LogP contribution in [-0.4, -0.2) is 40.0 Å². The number of hydrogen-bond acceptors (Lipinski definition) is 6. The van der Waals surface area contributed by atoms with Gasteiger partial charge in [-0.25, -0.2) is 0 Å². The average Bonchev–Trinajstić information content (AvgIpc) is 3.41. The maximum Gasteiger partial charge on any atom is 0.293 e. The van der Waals surface area contributed by atoms with E-state index in [1.54, 1.807) is 6.08 Å². The second-order valence-electron chi connectivity index (χ2n) is 7.74. The number of aromatic nitrogens is 1. The fraction of sp³-hybridized carbons (Fsp3) is 0.250. The summed E-state index contributed by atoms with van der Waals surface area (Å²) in [6.07, 6.45) is 5.59. The first-order valence-corrected chi connectivity index (χ1v) is 12.3. The number of thiophene rings is 1. The smallest absolute Gasteiger partial charge is 0.293 e. The van der Waals surface area contributed by atoms with Gasteiger partial charge in [0.2, 0.25) is 0 Å². The summed E-state index contributed by atoms with van der Waals surface area (Å²) in [7, 11) is 0. The van der Waals surface area contributed by atoms with Crippen molar-refractivity contribution in [3.63, 3.8) is 0 Å². The SMILES string of the molecule is O=C(NCCN1C(=O)S/C(=C\c2cccs2)C1=O)c1c2c(nc3ccccc13)CCCC2. The predicted octanol–water partition coefficient (Wildman–Crippen LogP) is 4.64. The van der Waals surface area contributed by atoms with E-state index in [-0.39, 0.29) is 30.1 Å². The number of nitrogens with zero attached hydrogens (tertiary/aromatic N) is 2. The van der Waals surface area contributed by atoms with E-state index in [9.17, 15) is 14.4 Å². The Balaban J connectivity index is 1.31. The molecule has 0 spiro atoms. The fourth-order valence-corrected chi connectivity index (χ4v) is 5.78. The van der Waals surface area contributed by atoms with Gasteiger partial charge in [-0.15, -0.1) is 11.3 Å². The molecule has 3 amide bonds. The maximum atomic E-state index is 13.2. The lowest BCUT2D eigenvalue weighted by Gasteiger charge is -2.20. The lowest BCUT2D eigenvalue weighted by molar-refractivity contribution is -0.122. The van der Waals surface area contributed by atoms with Gasteiger partial charge in [0.15, 0.2) is 0 Å². The van der Waals surface area contributed by atoms with E-state index in [0.717, 1.165) is 64.5 Å². The summed E-state index contributed by atoms with van der Waals surface area (Å²) in [4.78, 5) is 45.5. The van der Waals surface area contributed by atoms with Crippen molar-refractivity contribution >= 4 is 57.1 Å². The first-order valence-electron chi connectivity index (χ1n) is 10.6. The second-order valence-corrected chi connectivity index (χ2v) is 9.71. The van der Waals surface area contributed by atoms with Gasteiger partial charge < -0.3 is 5.32 Å². The van der Waals surface area contributed by atoms with Crippen molar-refractivity contribution in [2.24, 2.45) is 0 Å². The van der Waals surface area contributed by atoms with Crippen molar-refractivity contribution in [2.45, 2.75) is 25.7 Å². The van der Waals surface area contributed by atoms with Gasteiger partial charge in [-0.3, -0.25) is 24.3 Å². The van der Waals surface area contributed by atoms with Crippen LogP contribution in [0.5, 0.6) is 0 Å². The summed E-state index contributed by atoms with van der Waals surface area (Å²) in [5.74, 6) is -0.489. The number of aryl methyl sites for hydroxylation is 1. The normalized spacial score (nSPS) is 17.2. The van der Waals surface area contributed by atoms with Gasteiger partial charge in [0.25, 0.3) is 17.1 Å². The number of fused-ring (bicyclic) bond motifs is 2. The molecule has 1 fully saturated rings. The van der Waals surface area contributed by atoms with Gasteiger partial charge in [-0.2, -0.15) is 0 Å². The van der Waals surface area contributed by atoms with Gasteiger partial charge in [0.05, 0.1) is 16.0 Å². The van der Waals surface area contributed by atoms with Crippen LogP contribution in [0.1, 0.15) is 39.3 Å². The molecular weight excluding hydrogens is 442 g/mol. The van der Waals surface area contributed by atoms with Gasteiger partial charge in [-0.1, -0.05) is 24.3 Å².